The van der Waals surface area contributed by atoms with Crippen LogP contribution in [0.2, 0.25) is 0 Å². The molecule has 0 rings (SSSR count). The third-order valence-corrected chi connectivity index (χ3v) is 1.85. The van der Waals surface area contributed by atoms with Crippen molar-refractivity contribution in [2.75, 3.05) is 0 Å². The molecule has 100 valence electrons. The quantitative estimate of drug-likeness (QED) is 0.706. The van der Waals surface area contributed by atoms with Crippen LogP contribution < -0.4 is 11.1 Å². The summed E-state index contributed by atoms with van der Waals surface area (Å²) in [6, 6.07) is -0.611. The standard InChI is InChI=1S/C12H24N2O3/c1-8(2)14-11(16)9(13)6-7-10(15)17-12(3,4)5/h8-9H,6-7,13H2,1-5H3,(H,14,16)/t9-/m0/s1. The number of rotatable bonds is 5. The Kier molecular flexibility index (Phi) is 6.16. The zero-order valence-corrected chi connectivity index (χ0v) is 11.4. The second-order valence-electron chi connectivity index (χ2n) is 5.39. The van der Waals surface area contributed by atoms with E-state index < -0.39 is 11.6 Å². The molecule has 0 radical (unpaired) electrons. The molecular weight excluding hydrogens is 220 g/mol. The van der Waals surface area contributed by atoms with E-state index >= 15 is 0 Å². The average molecular weight is 244 g/mol. The Morgan fingerprint density at radius 2 is 1.82 bits per heavy atom. The normalized spacial score (nSPS) is 13.4. The molecule has 0 aromatic heterocycles. The molecule has 0 fully saturated rings. The number of carbonyl (C=O) groups excluding carboxylic acids is 2. The number of esters is 1. The molecule has 5 nitrogen and oxygen atoms in total. The van der Waals surface area contributed by atoms with Crippen LogP contribution in [0, 0.1) is 0 Å². The van der Waals surface area contributed by atoms with E-state index in [2.05, 4.69) is 5.32 Å². The zero-order chi connectivity index (χ0) is 13.6. The van der Waals surface area contributed by atoms with Crippen LogP contribution in [0.5, 0.6) is 0 Å². The van der Waals surface area contributed by atoms with Gasteiger partial charge in [0.1, 0.15) is 5.60 Å². The van der Waals surface area contributed by atoms with E-state index in [1.807, 2.05) is 13.8 Å². The largest absolute Gasteiger partial charge is 0.460 e. The molecule has 1 atom stereocenters. The summed E-state index contributed by atoms with van der Waals surface area (Å²) in [4.78, 5) is 22.9. The van der Waals surface area contributed by atoms with Crippen molar-refractivity contribution in [2.45, 2.75) is 65.1 Å². The number of carbonyl (C=O) groups is 2. The van der Waals surface area contributed by atoms with E-state index in [1.54, 1.807) is 20.8 Å². The summed E-state index contributed by atoms with van der Waals surface area (Å²) >= 11 is 0. The fourth-order valence-corrected chi connectivity index (χ4v) is 1.19. The van der Waals surface area contributed by atoms with Gasteiger partial charge in [-0.1, -0.05) is 0 Å². The number of hydrogen-bond donors (Lipinski definition) is 2. The minimum atomic E-state index is -0.662. The summed E-state index contributed by atoms with van der Waals surface area (Å²) < 4.78 is 5.12. The van der Waals surface area contributed by atoms with Crippen LogP contribution >= 0.6 is 0 Å². The lowest BCUT2D eigenvalue weighted by Gasteiger charge is -2.20. The van der Waals surface area contributed by atoms with Crippen molar-refractivity contribution in [3.05, 3.63) is 0 Å². The average Bonchev–Trinajstić information content (AvgIpc) is 2.10. The number of nitrogens with two attached hydrogens (primary N) is 1. The summed E-state index contributed by atoms with van der Waals surface area (Å²) in [6.45, 7) is 9.12. The zero-order valence-electron chi connectivity index (χ0n) is 11.4. The molecule has 0 aromatic rings. The fourth-order valence-electron chi connectivity index (χ4n) is 1.19. The Hall–Kier alpha value is -1.10. The van der Waals surface area contributed by atoms with Gasteiger partial charge >= 0.3 is 5.97 Å². The summed E-state index contributed by atoms with van der Waals surface area (Å²) in [5.41, 5.74) is 5.16. The molecule has 0 bridgehead atoms. The molecule has 0 unspecified atom stereocenters. The lowest BCUT2D eigenvalue weighted by Crippen LogP contribution is -2.43. The highest BCUT2D eigenvalue weighted by Gasteiger charge is 2.19. The van der Waals surface area contributed by atoms with Crippen molar-refractivity contribution in [1.29, 1.82) is 0 Å². The van der Waals surface area contributed by atoms with Crippen LogP contribution in [0.15, 0.2) is 0 Å². The van der Waals surface area contributed by atoms with Gasteiger partial charge in [0.2, 0.25) is 5.91 Å². The van der Waals surface area contributed by atoms with Crippen LogP contribution in [0.3, 0.4) is 0 Å². The van der Waals surface area contributed by atoms with Gasteiger partial charge in [-0.3, -0.25) is 9.59 Å². The van der Waals surface area contributed by atoms with Crippen LogP contribution in [0.4, 0.5) is 0 Å². The van der Waals surface area contributed by atoms with E-state index in [9.17, 15) is 9.59 Å². The summed E-state index contributed by atoms with van der Waals surface area (Å²) in [5.74, 6) is -0.561. The highest BCUT2D eigenvalue weighted by Crippen LogP contribution is 2.09. The first-order valence-corrected chi connectivity index (χ1v) is 5.89. The van der Waals surface area contributed by atoms with E-state index in [-0.39, 0.29) is 24.3 Å². The molecule has 0 saturated heterocycles. The second-order valence-corrected chi connectivity index (χ2v) is 5.39. The van der Waals surface area contributed by atoms with Gasteiger partial charge in [-0.15, -0.1) is 0 Å². The molecular formula is C12H24N2O3. The third kappa shape index (κ3) is 8.68. The highest BCUT2D eigenvalue weighted by atomic mass is 16.6. The number of amides is 1. The Labute approximate surface area is 103 Å². The van der Waals surface area contributed by atoms with Gasteiger partial charge in [0.05, 0.1) is 6.04 Å². The minimum absolute atomic E-state index is 0.0510. The van der Waals surface area contributed by atoms with Gasteiger partial charge in [0, 0.05) is 12.5 Å². The first-order valence-electron chi connectivity index (χ1n) is 5.89. The number of nitrogens with one attached hydrogen (secondary N) is 1. The molecule has 0 aromatic carbocycles. The molecule has 0 saturated carbocycles. The predicted octanol–water partition coefficient (Wildman–Crippen LogP) is 0.960. The molecule has 0 aliphatic carbocycles. The Morgan fingerprint density at radius 1 is 1.29 bits per heavy atom. The first-order chi connectivity index (χ1) is 7.61. The fraction of sp³-hybridized carbons (Fsp3) is 0.833. The smallest absolute Gasteiger partial charge is 0.306 e. The van der Waals surface area contributed by atoms with Gasteiger partial charge in [-0.05, 0) is 41.0 Å². The third-order valence-electron chi connectivity index (χ3n) is 1.85. The maximum absolute atomic E-state index is 11.5. The van der Waals surface area contributed by atoms with Gasteiger partial charge in [-0.25, -0.2) is 0 Å². The molecule has 5 heteroatoms. The number of hydrogen-bond acceptors (Lipinski definition) is 4. The molecule has 17 heavy (non-hydrogen) atoms. The van der Waals surface area contributed by atoms with Crippen LogP contribution in [0.1, 0.15) is 47.5 Å². The van der Waals surface area contributed by atoms with Gasteiger partial charge < -0.3 is 15.8 Å². The van der Waals surface area contributed by atoms with Crippen molar-refractivity contribution in [1.82, 2.24) is 5.32 Å². The first kappa shape index (κ1) is 15.9. The monoisotopic (exact) mass is 244 g/mol. The molecule has 3 N–H and O–H groups in total. The second kappa shape index (κ2) is 6.59. The van der Waals surface area contributed by atoms with Gasteiger partial charge in [0.15, 0.2) is 0 Å². The molecule has 0 heterocycles. The highest BCUT2D eigenvalue weighted by molar-refractivity contribution is 5.82. The van der Waals surface area contributed by atoms with Crippen molar-refractivity contribution in [2.24, 2.45) is 5.73 Å². The summed E-state index contributed by atoms with van der Waals surface area (Å²) in [6.07, 6.45) is 0.456. The SMILES string of the molecule is CC(C)NC(=O)[C@@H](N)CCC(=O)OC(C)(C)C. The predicted molar refractivity (Wildman–Crippen MR) is 66.3 cm³/mol. The lowest BCUT2D eigenvalue weighted by atomic mass is 10.1. The molecule has 1 amide bonds. The Balaban J connectivity index is 3.95. The van der Waals surface area contributed by atoms with Crippen molar-refractivity contribution >= 4 is 11.9 Å². The topological polar surface area (TPSA) is 81.4 Å². The Bertz CT molecular complexity index is 269. The van der Waals surface area contributed by atoms with Crippen LogP contribution in [-0.4, -0.2) is 29.6 Å². The van der Waals surface area contributed by atoms with E-state index in [4.69, 9.17) is 10.5 Å². The van der Waals surface area contributed by atoms with E-state index in [0.29, 0.717) is 6.42 Å². The van der Waals surface area contributed by atoms with E-state index in [1.165, 1.54) is 0 Å². The maximum Gasteiger partial charge on any atom is 0.306 e. The number of ether oxygens (including phenoxy) is 1. The van der Waals surface area contributed by atoms with Crippen LogP contribution in [0.25, 0.3) is 0 Å². The summed E-state index contributed by atoms with van der Waals surface area (Å²) in [7, 11) is 0. The van der Waals surface area contributed by atoms with Gasteiger partial charge in [-0.2, -0.15) is 0 Å². The lowest BCUT2D eigenvalue weighted by molar-refractivity contribution is -0.155. The Morgan fingerprint density at radius 3 is 2.24 bits per heavy atom. The van der Waals surface area contributed by atoms with E-state index in [0.717, 1.165) is 0 Å². The maximum atomic E-state index is 11.5. The van der Waals surface area contributed by atoms with Gasteiger partial charge in [0.25, 0.3) is 0 Å². The van der Waals surface area contributed by atoms with Crippen molar-refractivity contribution in [3.63, 3.8) is 0 Å². The minimum Gasteiger partial charge on any atom is -0.460 e. The molecule has 0 aliphatic rings. The summed E-state index contributed by atoms with van der Waals surface area (Å²) in [5, 5.41) is 2.70. The molecule has 0 aliphatic heterocycles. The van der Waals surface area contributed by atoms with Crippen molar-refractivity contribution in [3.8, 4) is 0 Å². The van der Waals surface area contributed by atoms with Crippen molar-refractivity contribution < 1.29 is 14.3 Å². The molecule has 0 spiro atoms. The van der Waals surface area contributed by atoms with Crippen LogP contribution in [-0.2, 0) is 14.3 Å².